The Kier molecular flexibility index (Phi) is 8.57. The minimum atomic E-state index is -0.173. The molecule has 3 N–H and O–H groups in total. The monoisotopic (exact) mass is 580 g/mol. The Morgan fingerprint density at radius 2 is 1.60 bits per heavy atom. The third kappa shape index (κ3) is 6.35. The number of hydrogen-bond acceptors (Lipinski definition) is 9. The van der Waals surface area contributed by atoms with Crippen LogP contribution >= 0.6 is 0 Å². The van der Waals surface area contributed by atoms with Gasteiger partial charge in [-0.05, 0) is 56.3 Å². The van der Waals surface area contributed by atoms with E-state index in [2.05, 4.69) is 49.8 Å². The lowest BCUT2D eigenvalue weighted by Gasteiger charge is -2.42. The van der Waals surface area contributed by atoms with Gasteiger partial charge < -0.3 is 30.5 Å². The van der Waals surface area contributed by atoms with Crippen molar-refractivity contribution in [3.05, 3.63) is 72.3 Å². The molecule has 1 aromatic heterocycles. The molecule has 1 amide bonds. The molecule has 10 heteroatoms. The Morgan fingerprint density at radius 1 is 0.860 bits per heavy atom. The van der Waals surface area contributed by atoms with Crippen molar-refractivity contribution in [2.24, 2.45) is 0 Å². The molecule has 224 valence electrons. The van der Waals surface area contributed by atoms with Gasteiger partial charge >= 0.3 is 0 Å². The lowest BCUT2D eigenvalue weighted by atomic mass is 10.0. The number of hydrogen-bond donors (Lipinski definition) is 3. The van der Waals surface area contributed by atoms with Crippen LogP contribution in [0.4, 0.5) is 28.8 Å². The fourth-order valence-electron chi connectivity index (χ4n) is 6.06. The molecule has 2 aliphatic rings. The van der Waals surface area contributed by atoms with E-state index in [0.29, 0.717) is 29.1 Å². The number of rotatable bonds is 8. The zero-order valence-electron chi connectivity index (χ0n) is 25.1. The molecule has 3 aromatic carbocycles. The molecular weight excluding hydrogens is 540 g/mol. The van der Waals surface area contributed by atoms with E-state index in [9.17, 15) is 4.79 Å². The second-order valence-electron chi connectivity index (χ2n) is 11.2. The number of para-hydroxylation sites is 2. The number of likely N-dealkylation sites (N-methyl/N-ethyl adjacent to an activating group) is 1. The third-order valence-corrected chi connectivity index (χ3v) is 8.57. The molecule has 43 heavy (non-hydrogen) atoms. The van der Waals surface area contributed by atoms with Gasteiger partial charge in [0.25, 0.3) is 5.91 Å². The highest BCUT2D eigenvalue weighted by atomic mass is 16.5. The number of piperazine rings is 1. The predicted molar refractivity (Wildman–Crippen MR) is 173 cm³/mol. The smallest absolute Gasteiger partial charge is 0.253 e. The molecular formula is C33H40N8O2. The minimum absolute atomic E-state index is 0.173. The zero-order chi connectivity index (χ0) is 29.8. The van der Waals surface area contributed by atoms with E-state index in [1.54, 1.807) is 20.2 Å². The number of benzene rings is 3. The van der Waals surface area contributed by atoms with Crippen LogP contribution in [0.15, 0.2) is 66.7 Å². The summed E-state index contributed by atoms with van der Waals surface area (Å²) < 4.78 is 5.83. The fraction of sp³-hybridized carbons (Fsp3) is 0.364. The molecule has 2 aliphatic heterocycles. The molecule has 0 aliphatic carbocycles. The highest BCUT2D eigenvalue weighted by Gasteiger charge is 2.27. The average molecular weight is 581 g/mol. The number of ether oxygens (including phenoxy) is 1. The van der Waals surface area contributed by atoms with Gasteiger partial charge in [-0.3, -0.25) is 9.69 Å². The molecule has 0 bridgehead atoms. The number of carbonyl (C=O) groups is 1. The van der Waals surface area contributed by atoms with Crippen LogP contribution in [0.25, 0.3) is 10.9 Å². The van der Waals surface area contributed by atoms with Gasteiger partial charge in [-0.25, -0.2) is 4.98 Å². The van der Waals surface area contributed by atoms with Gasteiger partial charge in [0.1, 0.15) is 11.6 Å². The van der Waals surface area contributed by atoms with Gasteiger partial charge in [0.15, 0.2) is 0 Å². The molecule has 10 nitrogen and oxygen atoms in total. The van der Waals surface area contributed by atoms with E-state index >= 15 is 0 Å². The number of nitrogens with one attached hydrogen (secondary N) is 3. The Hall–Kier alpha value is -4.41. The van der Waals surface area contributed by atoms with E-state index in [0.717, 1.165) is 54.2 Å². The van der Waals surface area contributed by atoms with Crippen molar-refractivity contribution in [2.75, 3.05) is 76.0 Å². The quantitative estimate of drug-likeness (QED) is 0.274. The van der Waals surface area contributed by atoms with E-state index in [1.807, 2.05) is 48.5 Å². The molecule has 0 saturated carbocycles. The molecule has 0 atom stereocenters. The third-order valence-electron chi connectivity index (χ3n) is 8.57. The van der Waals surface area contributed by atoms with Crippen LogP contribution in [0, 0.1) is 0 Å². The normalized spacial score (nSPS) is 16.7. The number of methoxy groups -OCH3 is 1. The molecule has 3 heterocycles. The van der Waals surface area contributed by atoms with Gasteiger partial charge in [0, 0.05) is 69.5 Å². The van der Waals surface area contributed by atoms with Gasteiger partial charge in [-0.2, -0.15) is 4.98 Å². The van der Waals surface area contributed by atoms with Crippen LogP contribution in [0.3, 0.4) is 0 Å². The van der Waals surface area contributed by atoms with Crippen LogP contribution in [-0.2, 0) is 0 Å². The Balaban J connectivity index is 1.21. The maximum atomic E-state index is 12.5. The van der Waals surface area contributed by atoms with Crippen molar-refractivity contribution in [2.45, 2.75) is 18.9 Å². The lowest BCUT2D eigenvalue weighted by molar-refractivity contribution is 0.0964. The summed E-state index contributed by atoms with van der Waals surface area (Å²) in [6.45, 7) is 6.73. The summed E-state index contributed by atoms with van der Waals surface area (Å²) in [5.41, 5.74) is 3.91. The topological polar surface area (TPSA) is 97.9 Å². The molecule has 0 spiro atoms. The predicted octanol–water partition coefficient (Wildman–Crippen LogP) is 4.70. The lowest BCUT2D eigenvalue weighted by Crippen LogP contribution is -2.52. The number of nitrogens with zero attached hydrogens (tertiary/aromatic N) is 5. The fourth-order valence-corrected chi connectivity index (χ4v) is 6.06. The number of aromatic nitrogens is 2. The number of amides is 1. The van der Waals surface area contributed by atoms with Crippen LogP contribution < -0.4 is 25.6 Å². The maximum Gasteiger partial charge on any atom is 0.253 e. The molecule has 4 aromatic rings. The number of anilines is 5. The largest absolute Gasteiger partial charge is 0.494 e. The first kappa shape index (κ1) is 28.7. The second kappa shape index (κ2) is 12.8. The number of fused-ring (bicyclic) bond motifs is 1. The maximum absolute atomic E-state index is 12.5. The number of piperidine rings is 1. The molecule has 0 radical (unpaired) electrons. The molecule has 6 rings (SSSR count). The first-order chi connectivity index (χ1) is 21.0. The van der Waals surface area contributed by atoms with Gasteiger partial charge in [-0.15, -0.1) is 0 Å². The SMILES string of the molecule is CNC(=O)c1ccccc1Nc1nc(Nc2ccc(N3CCC(N4CCN(C)CC4)CC3)cc2OC)nc2ccccc12. The summed E-state index contributed by atoms with van der Waals surface area (Å²) in [6.07, 6.45) is 2.35. The summed E-state index contributed by atoms with van der Waals surface area (Å²) in [7, 11) is 5.52. The van der Waals surface area contributed by atoms with Crippen LogP contribution in [0.5, 0.6) is 5.75 Å². The Bertz CT molecular complexity index is 1580. The first-order valence-electron chi connectivity index (χ1n) is 15.0. The highest BCUT2D eigenvalue weighted by molar-refractivity contribution is 6.01. The average Bonchev–Trinajstić information content (AvgIpc) is 3.05. The summed E-state index contributed by atoms with van der Waals surface area (Å²) >= 11 is 0. The molecule has 0 unspecified atom stereocenters. The number of carbonyl (C=O) groups excluding carboxylic acids is 1. The Morgan fingerprint density at radius 3 is 2.37 bits per heavy atom. The van der Waals surface area contributed by atoms with Crippen LogP contribution in [0.1, 0.15) is 23.2 Å². The van der Waals surface area contributed by atoms with Crippen LogP contribution in [-0.4, -0.2) is 92.2 Å². The minimum Gasteiger partial charge on any atom is -0.494 e. The van der Waals surface area contributed by atoms with Crippen molar-refractivity contribution in [3.8, 4) is 5.75 Å². The molecule has 2 fully saturated rings. The highest BCUT2D eigenvalue weighted by Crippen LogP contribution is 2.34. The molecule has 2 saturated heterocycles. The van der Waals surface area contributed by atoms with Gasteiger partial charge in [-0.1, -0.05) is 24.3 Å². The standard InChI is InChI=1S/C33H40N8O2/c1-34-32(42)26-9-5-7-11-28(26)35-31-25-8-4-6-10-27(25)36-33(38-31)37-29-13-12-24(22-30(29)43-3)40-16-14-23(15-17-40)41-20-18-39(2)19-21-41/h4-13,22-23H,14-21H2,1-3H3,(H,34,42)(H2,35,36,37,38). The summed E-state index contributed by atoms with van der Waals surface area (Å²) in [5.74, 6) is 1.59. The zero-order valence-corrected chi connectivity index (χ0v) is 25.1. The Labute approximate surface area is 253 Å². The van der Waals surface area contributed by atoms with Crippen molar-refractivity contribution < 1.29 is 9.53 Å². The summed E-state index contributed by atoms with van der Waals surface area (Å²) in [5, 5.41) is 10.3. The van der Waals surface area contributed by atoms with Crippen molar-refractivity contribution in [1.82, 2.24) is 25.1 Å². The summed E-state index contributed by atoms with van der Waals surface area (Å²) in [6, 6.07) is 22.1. The van der Waals surface area contributed by atoms with E-state index in [-0.39, 0.29) is 5.91 Å². The van der Waals surface area contributed by atoms with Crippen molar-refractivity contribution in [1.29, 1.82) is 0 Å². The first-order valence-corrected chi connectivity index (χ1v) is 15.0. The van der Waals surface area contributed by atoms with E-state index < -0.39 is 0 Å². The van der Waals surface area contributed by atoms with Crippen LogP contribution in [0.2, 0.25) is 0 Å². The van der Waals surface area contributed by atoms with E-state index in [4.69, 9.17) is 14.7 Å². The van der Waals surface area contributed by atoms with Gasteiger partial charge in [0.2, 0.25) is 5.95 Å². The summed E-state index contributed by atoms with van der Waals surface area (Å²) in [4.78, 5) is 29.6. The van der Waals surface area contributed by atoms with E-state index in [1.165, 1.54) is 25.9 Å². The van der Waals surface area contributed by atoms with Crippen molar-refractivity contribution in [3.63, 3.8) is 0 Å². The second-order valence-corrected chi connectivity index (χ2v) is 11.2. The van der Waals surface area contributed by atoms with Crippen molar-refractivity contribution >= 4 is 45.6 Å². The van der Waals surface area contributed by atoms with Gasteiger partial charge in [0.05, 0.1) is 29.6 Å².